The lowest BCUT2D eigenvalue weighted by molar-refractivity contribution is -0.384. The quantitative estimate of drug-likeness (QED) is 0.234. The van der Waals surface area contributed by atoms with Crippen LogP contribution in [0.1, 0.15) is 13.3 Å². The van der Waals surface area contributed by atoms with Gasteiger partial charge < -0.3 is 9.67 Å². The Balaban J connectivity index is 1.73. The number of aromatic nitrogens is 4. The number of aromatic amines is 1. The number of carbonyl (C=O) groups is 1. The van der Waals surface area contributed by atoms with Gasteiger partial charge in [0, 0.05) is 41.3 Å². The van der Waals surface area contributed by atoms with E-state index in [1.807, 2.05) is 36.5 Å². The number of nitro benzene ring substituents is 1. The average Bonchev–Trinajstić information content (AvgIpc) is 3.39. The number of benzene rings is 2. The number of aliphatic carboxylic acids is 1. The van der Waals surface area contributed by atoms with Gasteiger partial charge in [-0.15, -0.1) is 5.10 Å². The van der Waals surface area contributed by atoms with Crippen molar-refractivity contribution in [3.05, 3.63) is 58.8 Å². The molecule has 10 heteroatoms. The van der Waals surface area contributed by atoms with Crippen LogP contribution in [0.3, 0.4) is 0 Å². The molecule has 0 spiro atoms. The zero-order valence-electron chi connectivity index (χ0n) is 16.6. The lowest BCUT2D eigenvalue weighted by Crippen LogP contribution is -1.97. The summed E-state index contributed by atoms with van der Waals surface area (Å²) in [5.41, 5.74) is 3.10. The van der Waals surface area contributed by atoms with Crippen LogP contribution in [0.4, 0.5) is 5.69 Å². The maximum atomic E-state index is 11.5. The van der Waals surface area contributed by atoms with E-state index in [0.717, 1.165) is 41.2 Å². The molecule has 158 valence electrons. The Hall–Kier alpha value is -3.66. The third kappa shape index (κ3) is 4.43. The maximum absolute atomic E-state index is 11.5. The first-order chi connectivity index (χ1) is 14.9. The van der Waals surface area contributed by atoms with E-state index < -0.39 is 10.9 Å². The molecular weight excluding hydrogens is 418 g/mol. The molecule has 0 atom stereocenters. The summed E-state index contributed by atoms with van der Waals surface area (Å²) in [5.74, 6) is -0.806. The number of nitro groups is 1. The van der Waals surface area contributed by atoms with Crippen LogP contribution in [0.15, 0.2) is 53.8 Å². The summed E-state index contributed by atoms with van der Waals surface area (Å²) in [6.45, 7) is 3.05. The first-order valence-electron chi connectivity index (χ1n) is 9.60. The fraction of sp³-hybridized carbons (Fsp3) is 0.190. The van der Waals surface area contributed by atoms with Crippen LogP contribution >= 0.6 is 11.8 Å². The van der Waals surface area contributed by atoms with Crippen molar-refractivity contribution >= 4 is 34.3 Å². The lowest BCUT2D eigenvalue weighted by atomic mass is 10.0. The summed E-state index contributed by atoms with van der Waals surface area (Å²) in [7, 11) is 0. The zero-order chi connectivity index (χ0) is 22.0. The minimum atomic E-state index is -0.975. The summed E-state index contributed by atoms with van der Waals surface area (Å²) in [6, 6.07) is 12.8. The van der Waals surface area contributed by atoms with Gasteiger partial charge in [0.05, 0.1) is 10.7 Å². The average molecular weight is 437 g/mol. The number of nitrogens with one attached hydrogen (secondary N) is 1. The normalized spacial score (nSPS) is 11.1. The molecule has 0 bridgehead atoms. The van der Waals surface area contributed by atoms with Crippen molar-refractivity contribution in [2.45, 2.75) is 25.0 Å². The molecule has 0 aliphatic heterocycles. The minimum Gasteiger partial charge on any atom is -0.481 e. The number of carboxylic acids is 1. The lowest BCUT2D eigenvalue weighted by Gasteiger charge is -2.07. The van der Waals surface area contributed by atoms with Gasteiger partial charge in [0.25, 0.3) is 5.69 Å². The molecule has 31 heavy (non-hydrogen) atoms. The highest BCUT2D eigenvalue weighted by molar-refractivity contribution is 7.99. The Labute approximate surface area is 181 Å². The fourth-order valence-electron chi connectivity index (χ4n) is 3.40. The van der Waals surface area contributed by atoms with Crippen molar-refractivity contribution in [1.82, 2.24) is 19.7 Å². The van der Waals surface area contributed by atoms with Crippen molar-refractivity contribution in [3.63, 3.8) is 0 Å². The summed E-state index contributed by atoms with van der Waals surface area (Å²) < 4.78 is 2.18. The number of nitrogens with zero attached hydrogens (tertiary/aromatic N) is 4. The highest BCUT2D eigenvalue weighted by Crippen LogP contribution is 2.32. The predicted octanol–water partition coefficient (Wildman–Crippen LogP) is 4.59. The molecule has 0 saturated carbocycles. The van der Waals surface area contributed by atoms with E-state index in [2.05, 4.69) is 26.7 Å². The first kappa shape index (κ1) is 20.6. The van der Waals surface area contributed by atoms with Gasteiger partial charge >= 0.3 is 5.97 Å². The topological polar surface area (TPSA) is 127 Å². The second-order valence-corrected chi connectivity index (χ2v) is 7.90. The second kappa shape index (κ2) is 8.60. The Morgan fingerprint density at radius 3 is 2.74 bits per heavy atom. The van der Waals surface area contributed by atoms with Crippen molar-refractivity contribution in [2.24, 2.45) is 0 Å². The Morgan fingerprint density at radius 2 is 2.00 bits per heavy atom. The highest BCUT2D eigenvalue weighted by Gasteiger charge is 2.16. The number of rotatable bonds is 8. The molecule has 0 radical (unpaired) electrons. The van der Waals surface area contributed by atoms with E-state index in [1.165, 1.54) is 12.1 Å². The molecule has 0 aliphatic rings. The van der Waals surface area contributed by atoms with Gasteiger partial charge in [-0.2, -0.15) is 0 Å². The number of carboxylic acid groups (broad SMARTS) is 1. The van der Waals surface area contributed by atoms with Gasteiger partial charge in [-0.1, -0.05) is 24.8 Å². The second-order valence-electron chi connectivity index (χ2n) is 6.96. The van der Waals surface area contributed by atoms with Crippen molar-refractivity contribution in [3.8, 4) is 22.5 Å². The molecule has 9 nitrogen and oxygen atoms in total. The SMILES string of the molecule is CCCn1ccc2cc(-c3cc(-c4nc(SCC(=O)O)n[nH]4)cc([N+](=O)[O-])c3)ccc21. The van der Waals surface area contributed by atoms with Crippen LogP contribution in [-0.2, 0) is 11.3 Å². The number of hydrogen-bond acceptors (Lipinski definition) is 6. The van der Waals surface area contributed by atoms with Gasteiger partial charge in [0.2, 0.25) is 5.16 Å². The monoisotopic (exact) mass is 437 g/mol. The van der Waals surface area contributed by atoms with E-state index in [9.17, 15) is 14.9 Å². The van der Waals surface area contributed by atoms with E-state index in [1.54, 1.807) is 0 Å². The van der Waals surface area contributed by atoms with Crippen LogP contribution in [0.2, 0.25) is 0 Å². The van der Waals surface area contributed by atoms with Gasteiger partial charge in [0.1, 0.15) is 0 Å². The van der Waals surface area contributed by atoms with Crippen LogP contribution in [0, 0.1) is 10.1 Å². The van der Waals surface area contributed by atoms with Crippen LogP contribution in [-0.4, -0.2) is 41.5 Å². The number of fused-ring (bicyclic) bond motifs is 1. The van der Waals surface area contributed by atoms with Crippen LogP contribution < -0.4 is 0 Å². The van der Waals surface area contributed by atoms with E-state index in [0.29, 0.717) is 17.0 Å². The van der Waals surface area contributed by atoms with Crippen molar-refractivity contribution in [2.75, 3.05) is 5.75 Å². The van der Waals surface area contributed by atoms with Gasteiger partial charge in [0.15, 0.2) is 5.82 Å². The predicted molar refractivity (Wildman–Crippen MR) is 118 cm³/mol. The first-order valence-corrected chi connectivity index (χ1v) is 10.6. The van der Waals surface area contributed by atoms with Crippen LogP contribution in [0.25, 0.3) is 33.4 Å². The Morgan fingerprint density at radius 1 is 1.19 bits per heavy atom. The zero-order valence-corrected chi connectivity index (χ0v) is 17.4. The molecule has 2 heterocycles. The third-order valence-electron chi connectivity index (χ3n) is 4.76. The standard InChI is InChI=1S/C21H19N5O4S/c1-2-6-25-7-5-14-8-13(3-4-18(14)25)15-9-16(11-17(10-15)26(29)30)20-22-21(24-23-20)31-12-19(27)28/h3-5,7-11H,2,6,12H2,1H3,(H,27,28)(H,22,23,24). The molecule has 0 amide bonds. The molecule has 2 N–H and O–H groups in total. The number of aryl methyl sites for hydroxylation is 1. The van der Waals surface area contributed by atoms with Gasteiger partial charge in [-0.3, -0.25) is 20.0 Å². The summed E-state index contributed by atoms with van der Waals surface area (Å²) in [6.07, 6.45) is 3.07. The number of thioether (sulfide) groups is 1. The minimum absolute atomic E-state index is 0.0627. The molecule has 0 fully saturated rings. The Kier molecular flexibility index (Phi) is 5.72. The summed E-state index contributed by atoms with van der Waals surface area (Å²) in [5, 5.41) is 28.4. The largest absolute Gasteiger partial charge is 0.481 e. The van der Waals surface area contributed by atoms with Crippen LogP contribution in [0.5, 0.6) is 0 Å². The molecule has 0 saturated heterocycles. The van der Waals surface area contributed by atoms with E-state index >= 15 is 0 Å². The van der Waals surface area contributed by atoms with E-state index in [4.69, 9.17) is 5.11 Å². The molecular formula is C21H19N5O4S. The van der Waals surface area contributed by atoms with E-state index in [-0.39, 0.29) is 16.6 Å². The molecule has 0 unspecified atom stereocenters. The van der Waals surface area contributed by atoms with Gasteiger partial charge in [-0.25, -0.2) is 4.98 Å². The van der Waals surface area contributed by atoms with Crippen molar-refractivity contribution in [1.29, 1.82) is 0 Å². The number of H-pyrrole nitrogens is 1. The molecule has 4 rings (SSSR count). The molecule has 2 aromatic heterocycles. The summed E-state index contributed by atoms with van der Waals surface area (Å²) in [4.78, 5) is 26.1. The fourth-order valence-corrected chi connectivity index (χ4v) is 3.92. The van der Waals surface area contributed by atoms with Crippen molar-refractivity contribution < 1.29 is 14.8 Å². The molecule has 4 aromatic rings. The highest BCUT2D eigenvalue weighted by atomic mass is 32.2. The molecule has 2 aromatic carbocycles. The molecule has 0 aliphatic carbocycles. The number of hydrogen-bond donors (Lipinski definition) is 2. The summed E-state index contributed by atoms with van der Waals surface area (Å²) >= 11 is 0.974. The Bertz CT molecular complexity index is 1280. The number of non-ortho nitro benzene ring substituents is 1. The smallest absolute Gasteiger partial charge is 0.313 e. The maximum Gasteiger partial charge on any atom is 0.313 e. The van der Waals surface area contributed by atoms with Gasteiger partial charge in [-0.05, 0) is 41.8 Å². The third-order valence-corrected chi connectivity index (χ3v) is 5.59.